The maximum atomic E-state index is 11.2. The van der Waals surface area contributed by atoms with Crippen LogP contribution in [-0.2, 0) is 4.74 Å². The summed E-state index contributed by atoms with van der Waals surface area (Å²) in [7, 11) is 0. The second-order valence-corrected chi connectivity index (χ2v) is 4.49. The van der Waals surface area contributed by atoms with Gasteiger partial charge in [0, 0.05) is 6.21 Å². The van der Waals surface area contributed by atoms with E-state index in [1.165, 1.54) is 0 Å². The Kier molecular flexibility index (Phi) is 3.46. The van der Waals surface area contributed by atoms with Crippen LogP contribution in [0.1, 0.15) is 34.6 Å². The summed E-state index contributed by atoms with van der Waals surface area (Å²) in [4.78, 5) is 11.2. The molecule has 0 aliphatic carbocycles. The molecule has 76 valence electrons. The highest BCUT2D eigenvalue weighted by atomic mass is 16.6. The number of rotatable bonds is 2. The van der Waals surface area contributed by atoms with Crippen molar-refractivity contribution >= 4 is 12.3 Å². The minimum atomic E-state index is -0.650. The number of hydrogen-bond acceptors (Lipinski definition) is 3. The molecule has 0 aromatic heterocycles. The average Bonchev–Trinajstić information content (AvgIpc) is 1.81. The monoisotopic (exact) mass is 186 g/mol. The van der Waals surface area contributed by atoms with E-state index in [1.807, 2.05) is 0 Å². The first-order valence-corrected chi connectivity index (χ1v) is 4.19. The SMILES string of the molecule is CC(C)(C=N)NC(=O)OC(C)(C)C. The summed E-state index contributed by atoms with van der Waals surface area (Å²) in [5.74, 6) is 0. The van der Waals surface area contributed by atoms with E-state index in [0.29, 0.717) is 0 Å². The number of carbonyl (C=O) groups is 1. The van der Waals surface area contributed by atoms with Crippen LogP contribution in [0.25, 0.3) is 0 Å². The van der Waals surface area contributed by atoms with Crippen LogP contribution in [0, 0.1) is 5.41 Å². The quantitative estimate of drug-likeness (QED) is 0.647. The minimum Gasteiger partial charge on any atom is -0.444 e. The van der Waals surface area contributed by atoms with E-state index >= 15 is 0 Å². The molecule has 0 saturated carbocycles. The highest BCUT2D eigenvalue weighted by Crippen LogP contribution is 2.08. The predicted octanol–water partition coefficient (Wildman–Crippen LogP) is 1.94. The van der Waals surface area contributed by atoms with Gasteiger partial charge in [0.05, 0.1) is 5.54 Å². The molecule has 0 fully saturated rings. The van der Waals surface area contributed by atoms with Gasteiger partial charge in [-0.1, -0.05) is 0 Å². The molecule has 0 aliphatic rings. The molecule has 0 atom stereocenters. The molecule has 0 aliphatic heterocycles. The van der Waals surface area contributed by atoms with Gasteiger partial charge in [-0.3, -0.25) is 0 Å². The van der Waals surface area contributed by atoms with Crippen LogP contribution in [0.5, 0.6) is 0 Å². The van der Waals surface area contributed by atoms with Crippen LogP contribution in [0.2, 0.25) is 0 Å². The average molecular weight is 186 g/mol. The Morgan fingerprint density at radius 1 is 1.31 bits per heavy atom. The van der Waals surface area contributed by atoms with Crippen LogP contribution >= 0.6 is 0 Å². The standard InChI is InChI=1S/C9H18N2O2/c1-8(2,3)13-7(12)11-9(4,5)6-10/h6,10H,1-5H3,(H,11,12). The van der Waals surface area contributed by atoms with Crippen molar-refractivity contribution in [2.45, 2.75) is 45.8 Å². The molecule has 0 radical (unpaired) electrons. The number of ether oxygens (including phenoxy) is 1. The van der Waals surface area contributed by atoms with Crippen molar-refractivity contribution < 1.29 is 9.53 Å². The molecule has 0 aromatic rings. The number of alkyl carbamates (subject to hydrolysis) is 1. The van der Waals surface area contributed by atoms with Crippen molar-refractivity contribution in [3.8, 4) is 0 Å². The second-order valence-electron chi connectivity index (χ2n) is 4.49. The van der Waals surface area contributed by atoms with E-state index in [1.54, 1.807) is 34.6 Å². The third kappa shape index (κ3) is 6.13. The second kappa shape index (κ2) is 3.77. The Morgan fingerprint density at radius 3 is 2.08 bits per heavy atom. The smallest absolute Gasteiger partial charge is 0.408 e. The Morgan fingerprint density at radius 2 is 1.77 bits per heavy atom. The first-order chi connectivity index (χ1) is 5.66. The van der Waals surface area contributed by atoms with Crippen LogP contribution < -0.4 is 5.32 Å². The van der Waals surface area contributed by atoms with Crippen LogP contribution in [0.15, 0.2) is 0 Å². The van der Waals surface area contributed by atoms with Crippen LogP contribution in [0.4, 0.5) is 4.79 Å². The first kappa shape index (κ1) is 11.9. The summed E-state index contributed by atoms with van der Waals surface area (Å²) in [6.07, 6.45) is 0.665. The lowest BCUT2D eigenvalue weighted by atomic mass is 10.1. The lowest BCUT2D eigenvalue weighted by Gasteiger charge is -2.25. The van der Waals surface area contributed by atoms with Gasteiger partial charge < -0.3 is 15.5 Å². The molecular formula is C9H18N2O2. The predicted molar refractivity (Wildman–Crippen MR) is 52.2 cm³/mol. The fourth-order valence-electron chi connectivity index (χ4n) is 0.603. The molecule has 0 heterocycles. The maximum Gasteiger partial charge on any atom is 0.408 e. The maximum absolute atomic E-state index is 11.2. The van der Waals surface area contributed by atoms with Gasteiger partial charge in [0.1, 0.15) is 5.60 Å². The van der Waals surface area contributed by atoms with Gasteiger partial charge in [-0.25, -0.2) is 4.79 Å². The molecule has 1 amide bonds. The number of nitrogens with one attached hydrogen (secondary N) is 2. The summed E-state index contributed by atoms with van der Waals surface area (Å²) in [5.41, 5.74) is -1.15. The fraction of sp³-hybridized carbons (Fsp3) is 0.778. The Bertz CT molecular complexity index is 204. The van der Waals surface area contributed by atoms with Gasteiger partial charge in [0.2, 0.25) is 0 Å². The van der Waals surface area contributed by atoms with Crippen LogP contribution in [0.3, 0.4) is 0 Å². The van der Waals surface area contributed by atoms with Gasteiger partial charge in [-0.05, 0) is 34.6 Å². The molecule has 13 heavy (non-hydrogen) atoms. The van der Waals surface area contributed by atoms with Gasteiger partial charge in [0.15, 0.2) is 0 Å². The van der Waals surface area contributed by atoms with Gasteiger partial charge in [0.25, 0.3) is 0 Å². The van der Waals surface area contributed by atoms with Crippen molar-refractivity contribution in [1.29, 1.82) is 5.41 Å². The molecular weight excluding hydrogens is 168 g/mol. The van der Waals surface area contributed by atoms with Crippen molar-refractivity contribution in [3.05, 3.63) is 0 Å². The van der Waals surface area contributed by atoms with E-state index in [2.05, 4.69) is 5.32 Å². The Hall–Kier alpha value is -1.06. The number of carbonyl (C=O) groups excluding carboxylic acids is 1. The first-order valence-electron chi connectivity index (χ1n) is 4.19. The third-order valence-electron chi connectivity index (χ3n) is 1.18. The molecule has 0 aromatic carbocycles. The van der Waals surface area contributed by atoms with Gasteiger partial charge >= 0.3 is 6.09 Å². The van der Waals surface area contributed by atoms with Crippen molar-refractivity contribution in [3.63, 3.8) is 0 Å². The van der Waals surface area contributed by atoms with E-state index in [-0.39, 0.29) is 0 Å². The zero-order valence-corrected chi connectivity index (χ0v) is 8.89. The normalized spacial score (nSPS) is 12.1. The topological polar surface area (TPSA) is 62.2 Å². The van der Waals surface area contributed by atoms with Crippen LogP contribution in [-0.4, -0.2) is 23.4 Å². The highest BCUT2D eigenvalue weighted by molar-refractivity contribution is 5.76. The highest BCUT2D eigenvalue weighted by Gasteiger charge is 2.22. The lowest BCUT2D eigenvalue weighted by molar-refractivity contribution is 0.0498. The molecule has 4 heteroatoms. The van der Waals surface area contributed by atoms with Crippen molar-refractivity contribution in [1.82, 2.24) is 5.32 Å². The van der Waals surface area contributed by atoms with Gasteiger partial charge in [-0.15, -0.1) is 0 Å². The van der Waals surface area contributed by atoms with E-state index in [4.69, 9.17) is 10.1 Å². The summed E-state index contributed by atoms with van der Waals surface area (Å²) in [6, 6.07) is 0. The third-order valence-corrected chi connectivity index (χ3v) is 1.18. The zero-order chi connectivity index (χ0) is 10.7. The zero-order valence-electron chi connectivity index (χ0n) is 8.89. The van der Waals surface area contributed by atoms with Crippen molar-refractivity contribution in [2.24, 2.45) is 0 Å². The Balaban J connectivity index is 4.10. The summed E-state index contributed by atoms with van der Waals surface area (Å²) in [6.45, 7) is 8.84. The number of amides is 1. The molecule has 2 N–H and O–H groups in total. The van der Waals surface area contributed by atoms with E-state index in [9.17, 15) is 4.79 Å². The fourth-order valence-corrected chi connectivity index (χ4v) is 0.603. The summed E-state index contributed by atoms with van der Waals surface area (Å²) >= 11 is 0. The molecule has 4 nitrogen and oxygen atoms in total. The van der Waals surface area contributed by atoms with Crippen molar-refractivity contribution in [2.75, 3.05) is 0 Å². The van der Waals surface area contributed by atoms with E-state index in [0.717, 1.165) is 6.21 Å². The summed E-state index contributed by atoms with van der Waals surface area (Å²) in [5, 5.41) is 9.59. The lowest BCUT2D eigenvalue weighted by Crippen LogP contribution is -2.46. The molecule has 0 unspecified atom stereocenters. The van der Waals surface area contributed by atoms with E-state index < -0.39 is 17.2 Å². The summed E-state index contributed by atoms with van der Waals surface area (Å²) < 4.78 is 5.02. The molecule has 0 bridgehead atoms. The molecule has 0 saturated heterocycles. The minimum absolute atomic E-state index is 0.498. The molecule has 0 spiro atoms. The van der Waals surface area contributed by atoms with Gasteiger partial charge in [-0.2, -0.15) is 0 Å². The largest absolute Gasteiger partial charge is 0.444 e. The number of hydrogen-bond donors (Lipinski definition) is 2. The Labute approximate surface area is 79.2 Å². The molecule has 0 rings (SSSR count).